The molecule has 1 aromatic carbocycles. The van der Waals surface area contributed by atoms with E-state index in [1.807, 2.05) is 6.92 Å². The molecule has 6 heteroatoms. The Hall–Kier alpha value is -2.21. The third-order valence-electron chi connectivity index (χ3n) is 4.49. The zero-order chi connectivity index (χ0) is 15.8. The number of fused-ring (bicyclic) bond motifs is 1. The fourth-order valence-electron chi connectivity index (χ4n) is 3.31. The van der Waals surface area contributed by atoms with E-state index in [0.29, 0.717) is 18.5 Å². The molecule has 0 unspecified atom stereocenters. The maximum Gasteiger partial charge on any atom is 0.226 e. The minimum absolute atomic E-state index is 0.297. The van der Waals surface area contributed by atoms with E-state index in [9.17, 15) is 0 Å². The number of nitrogens with one attached hydrogen (secondary N) is 1. The van der Waals surface area contributed by atoms with Crippen molar-refractivity contribution in [3.05, 3.63) is 41.3 Å². The Balaban J connectivity index is 1.58. The van der Waals surface area contributed by atoms with Gasteiger partial charge in [-0.15, -0.1) is 0 Å². The molecule has 0 aliphatic carbocycles. The average molecular weight is 311 g/mol. The van der Waals surface area contributed by atoms with Crippen molar-refractivity contribution >= 4 is 11.0 Å². The Kier molecular flexibility index (Phi) is 3.61. The molecule has 4 rings (SSSR count). The number of hydrogen-bond acceptors (Lipinski definition) is 5. The molecule has 120 valence electrons. The van der Waals surface area contributed by atoms with Gasteiger partial charge >= 0.3 is 0 Å². The summed E-state index contributed by atoms with van der Waals surface area (Å²) in [5, 5.41) is 4.07. The van der Waals surface area contributed by atoms with Gasteiger partial charge in [-0.05, 0) is 44.0 Å². The highest BCUT2D eigenvalue weighted by atomic mass is 16.5. The van der Waals surface area contributed by atoms with Crippen LogP contribution in [0.25, 0.3) is 11.0 Å². The van der Waals surface area contributed by atoms with Gasteiger partial charge in [0.1, 0.15) is 5.82 Å². The SMILES string of the molecule is CCc1nc(CN2CCC[C@H]2c2nc3ccc(C)cc3[nH]2)no1. The Morgan fingerprint density at radius 3 is 3.09 bits per heavy atom. The van der Waals surface area contributed by atoms with Gasteiger partial charge in [-0.25, -0.2) is 4.98 Å². The second kappa shape index (κ2) is 5.77. The maximum atomic E-state index is 5.22. The van der Waals surface area contributed by atoms with Crippen LogP contribution in [0.4, 0.5) is 0 Å². The van der Waals surface area contributed by atoms with E-state index in [2.05, 4.69) is 45.1 Å². The number of imidazole rings is 1. The third kappa shape index (κ3) is 2.74. The first-order valence-electron chi connectivity index (χ1n) is 8.24. The number of hydrogen-bond donors (Lipinski definition) is 1. The lowest BCUT2D eigenvalue weighted by Gasteiger charge is -2.20. The molecule has 2 aromatic heterocycles. The molecule has 1 fully saturated rings. The van der Waals surface area contributed by atoms with Crippen LogP contribution in [0.3, 0.4) is 0 Å². The second-order valence-electron chi connectivity index (χ2n) is 6.23. The van der Waals surface area contributed by atoms with Gasteiger partial charge in [0.15, 0.2) is 5.82 Å². The Morgan fingerprint density at radius 2 is 2.26 bits per heavy atom. The molecule has 1 aliphatic rings. The van der Waals surface area contributed by atoms with E-state index in [1.54, 1.807) is 0 Å². The lowest BCUT2D eigenvalue weighted by atomic mass is 10.2. The summed E-state index contributed by atoms with van der Waals surface area (Å²) in [5.41, 5.74) is 3.39. The highest BCUT2D eigenvalue weighted by Crippen LogP contribution is 2.32. The largest absolute Gasteiger partial charge is 0.341 e. The summed E-state index contributed by atoms with van der Waals surface area (Å²) in [6.07, 6.45) is 3.05. The van der Waals surface area contributed by atoms with Crippen molar-refractivity contribution in [1.29, 1.82) is 0 Å². The van der Waals surface area contributed by atoms with Crippen LogP contribution in [0, 0.1) is 6.92 Å². The minimum Gasteiger partial charge on any atom is -0.341 e. The Bertz CT molecular complexity index is 821. The van der Waals surface area contributed by atoms with Gasteiger partial charge in [0.2, 0.25) is 5.89 Å². The summed E-state index contributed by atoms with van der Waals surface area (Å²) in [7, 11) is 0. The smallest absolute Gasteiger partial charge is 0.226 e. The molecule has 3 heterocycles. The minimum atomic E-state index is 0.297. The number of aromatic nitrogens is 4. The monoisotopic (exact) mass is 311 g/mol. The normalized spacial score (nSPS) is 19.0. The number of rotatable bonds is 4. The molecule has 0 amide bonds. The van der Waals surface area contributed by atoms with Gasteiger partial charge in [-0.2, -0.15) is 4.98 Å². The highest BCUT2D eigenvalue weighted by molar-refractivity contribution is 5.75. The number of aromatic amines is 1. The topological polar surface area (TPSA) is 70.8 Å². The number of likely N-dealkylation sites (tertiary alicyclic amines) is 1. The van der Waals surface area contributed by atoms with Crippen molar-refractivity contribution in [2.45, 2.75) is 45.7 Å². The first-order valence-corrected chi connectivity index (χ1v) is 8.24. The summed E-state index contributed by atoms with van der Waals surface area (Å²) in [5.74, 6) is 2.51. The number of aryl methyl sites for hydroxylation is 2. The van der Waals surface area contributed by atoms with Crippen LogP contribution < -0.4 is 0 Å². The van der Waals surface area contributed by atoms with Gasteiger partial charge < -0.3 is 9.51 Å². The molecule has 1 aliphatic heterocycles. The van der Waals surface area contributed by atoms with Gasteiger partial charge in [-0.1, -0.05) is 18.1 Å². The summed E-state index contributed by atoms with van der Waals surface area (Å²) in [4.78, 5) is 15.1. The average Bonchev–Trinajstić information content (AvgIpc) is 3.25. The van der Waals surface area contributed by atoms with Crippen LogP contribution in [-0.2, 0) is 13.0 Å². The van der Waals surface area contributed by atoms with Crippen molar-refractivity contribution in [1.82, 2.24) is 25.0 Å². The highest BCUT2D eigenvalue weighted by Gasteiger charge is 2.29. The van der Waals surface area contributed by atoms with Crippen LogP contribution in [0.2, 0.25) is 0 Å². The third-order valence-corrected chi connectivity index (χ3v) is 4.49. The van der Waals surface area contributed by atoms with Crippen LogP contribution >= 0.6 is 0 Å². The summed E-state index contributed by atoms with van der Waals surface area (Å²) in [6.45, 7) is 5.87. The fraction of sp³-hybridized carbons (Fsp3) is 0.471. The number of nitrogens with zero attached hydrogens (tertiary/aromatic N) is 4. The first kappa shape index (κ1) is 14.4. The van der Waals surface area contributed by atoms with Crippen molar-refractivity contribution in [3.63, 3.8) is 0 Å². The number of benzene rings is 1. The molecular weight excluding hydrogens is 290 g/mol. The van der Waals surface area contributed by atoms with E-state index in [-0.39, 0.29) is 0 Å². The molecule has 6 nitrogen and oxygen atoms in total. The van der Waals surface area contributed by atoms with Crippen LogP contribution in [-0.4, -0.2) is 31.6 Å². The van der Waals surface area contributed by atoms with Gasteiger partial charge in [0, 0.05) is 6.42 Å². The molecule has 3 aromatic rings. The van der Waals surface area contributed by atoms with E-state index in [0.717, 1.165) is 42.1 Å². The quantitative estimate of drug-likeness (QED) is 0.801. The molecule has 0 bridgehead atoms. The molecule has 0 saturated carbocycles. The standard InChI is InChI=1S/C17H21N5O/c1-3-16-20-15(21-23-16)10-22-8-4-5-14(22)17-18-12-7-6-11(2)9-13(12)19-17/h6-7,9,14H,3-5,8,10H2,1-2H3,(H,18,19)/t14-/m0/s1. The van der Waals surface area contributed by atoms with Crippen molar-refractivity contribution in [2.24, 2.45) is 0 Å². The molecule has 1 saturated heterocycles. The first-order chi connectivity index (χ1) is 11.2. The lowest BCUT2D eigenvalue weighted by Crippen LogP contribution is -2.24. The Labute approximate surface area is 134 Å². The zero-order valence-electron chi connectivity index (χ0n) is 13.5. The molecular formula is C17H21N5O. The predicted octanol–water partition coefficient (Wildman–Crippen LogP) is 3.15. The maximum absolute atomic E-state index is 5.22. The summed E-state index contributed by atoms with van der Waals surface area (Å²) >= 11 is 0. The molecule has 23 heavy (non-hydrogen) atoms. The zero-order valence-corrected chi connectivity index (χ0v) is 13.5. The fourth-order valence-corrected chi connectivity index (χ4v) is 3.31. The van der Waals surface area contributed by atoms with Gasteiger partial charge in [-0.3, -0.25) is 4.90 Å². The molecule has 0 spiro atoms. The van der Waals surface area contributed by atoms with Gasteiger partial charge in [0.05, 0.1) is 23.6 Å². The van der Waals surface area contributed by atoms with E-state index in [4.69, 9.17) is 9.51 Å². The summed E-state index contributed by atoms with van der Waals surface area (Å²) in [6, 6.07) is 6.63. The van der Waals surface area contributed by atoms with E-state index in [1.165, 1.54) is 12.0 Å². The molecule has 1 atom stereocenters. The van der Waals surface area contributed by atoms with Crippen LogP contribution in [0.15, 0.2) is 22.7 Å². The number of H-pyrrole nitrogens is 1. The predicted molar refractivity (Wildman–Crippen MR) is 86.9 cm³/mol. The summed E-state index contributed by atoms with van der Waals surface area (Å²) < 4.78 is 5.22. The van der Waals surface area contributed by atoms with Crippen molar-refractivity contribution in [2.75, 3.05) is 6.54 Å². The van der Waals surface area contributed by atoms with Crippen molar-refractivity contribution < 1.29 is 4.52 Å². The van der Waals surface area contributed by atoms with Gasteiger partial charge in [0.25, 0.3) is 0 Å². The second-order valence-corrected chi connectivity index (χ2v) is 6.23. The van der Waals surface area contributed by atoms with E-state index >= 15 is 0 Å². The van der Waals surface area contributed by atoms with E-state index < -0.39 is 0 Å². The lowest BCUT2D eigenvalue weighted by molar-refractivity contribution is 0.231. The molecule has 1 N–H and O–H groups in total. The van der Waals surface area contributed by atoms with Crippen LogP contribution in [0.1, 0.15) is 48.9 Å². The molecule has 0 radical (unpaired) electrons. The van der Waals surface area contributed by atoms with Crippen molar-refractivity contribution in [3.8, 4) is 0 Å². The van der Waals surface area contributed by atoms with Crippen LogP contribution in [0.5, 0.6) is 0 Å². The Morgan fingerprint density at radius 1 is 1.35 bits per heavy atom.